The molecular formula is C23H20FN3O2. The molecule has 0 saturated heterocycles. The van der Waals surface area contributed by atoms with Gasteiger partial charge < -0.3 is 9.64 Å². The van der Waals surface area contributed by atoms with E-state index in [1.54, 1.807) is 42.1 Å². The Balaban J connectivity index is 1.55. The van der Waals surface area contributed by atoms with Crippen LogP contribution >= 0.6 is 0 Å². The number of hydrogen-bond donors (Lipinski definition) is 0. The van der Waals surface area contributed by atoms with Crippen LogP contribution in [0.5, 0.6) is 5.75 Å². The van der Waals surface area contributed by atoms with Crippen LogP contribution in [0.3, 0.4) is 0 Å². The number of amides is 1. The summed E-state index contributed by atoms with van der Waals surface area (Å²) in [6.45, 7) is 0.454. The molecular weight excluding hydrogens is 369 g/mol. The molecule has 0 unspecified atom stereocenters. The lowest BCUT2D eigenvalue weighted by molar-refractivity contribution is 0.0777. The smallest absolute Gasteiger partial charge is 0.272 e. The maximum absolute atomic E-state index is 13.2. The zero-order valence-electron chi connectivity index (χ0n) is 16.2. The van der Waals surface area contributed by atoms with E-state index < -0.39 is 0 Å². The zero-order chi connectivity index (χ0) is 20.4. The van der Waals surface area contributed by atoms with Gasteiger partial charge in [-0.05, 0) is 58.8 Å². The molecule has 6 heteroatoms. The van der Waals surface area contributed by atoms with E-state index in [0.29, 0.717) is 17.9 Å². The fourth-order valence-corrected chi connectivity index (χ4v) is 3.30. The van der Waals surface area contributed by atoms with Crippen LogP contribution in [0.1, 0.15) is 16.1 Å². The number of aromatic nitrogens is 2. The van der Waals surface area contributed by atoms with Crippen molar-refractivity contribution in [2.24, 2.45) is 0 Å². The quantitative estimate of drug-likeness (QED) is 0.507. The van der Waals surface area contributed by atoms with E-state index in [2.05, 4.69) is 11.1 Å². The fourth-order valence-electron chi connectivity index (χ4n) is 3.30. The summed E-state index contributed by atoms with van der Waals surface area (Å²) in [5, 5.41) is 2.16. The van der Waals surface area contributed by atoms with Crippen LogP contribution in [-0.2, 0) is 6.54 Å². The number of methoxy groups -OCH3 is 1. The molecule has 0 fully saturated rings. The normalized spacial score (nSPS) is 10.9. The molecule has 1 amide bonds. The molecule has 0 aliphatic rings. The molecule has 3 aromatic carbocycles. The highest BCUT2D eigenvalue weighted by atomic mass is 19.1. The molecule has 4 aromatic rings. The Morgan fingerprint density at radius 1 is 1.07 bits per heavy atom. The van der Waals surface area contributed by atoms with Gasteiger partial charge in [-0.15, -0.1) is 0 Å². The van der Waals surface area contributed by atoms with Gasteiger partial charge in [0.15, 0.2) is 0 Å². The molecule has 4 rings (SSSR count). The summed E-state index contributed by atoms with van der Waals surface area (Å²) in [5.74, 6) is 0.320. The van der Waals surface area contributed by atoms with Gasteiger partial charge in [0.2, 0.25) is 0 Å². The van der Waals surface area contributed by atoms with Crippen LogP contribution in [0.25, 0.3) is 16.5 Å². The van der Waals surface area contributed by atoms with Gasteiger partial charge in [-0.2, -0.15) is 0 Å². The predicted molar refractivity (Wildman–Crippen MR) is 110 cm³/mol. The maximum atomic E-state index is 13.2. The summed E-state index contributed by atoms with van der Waals surface area (Å²) in [6, 6.07) is 17.9. The van der Waals surface area contributed by atoms with E-state index in [1.807, 2.05) is 30.3 Å². The standard InChI is InChI=1S/C23H20FN3O2/c1-26(14-16-3-4-18-12-21(29-2)10-5-17(18)11-16)23(28)22-13-25-15-27(22)20-8-6-19(24)7-9-20/h3-13,15H,14H2,1-2H3. The number of fused-ring (bicyclic) bond motifs is 1. The lowest BCUT2D eigenvalue weighted by Crippen LogP contribution is -2.28. The Bertz CT molecular complexity index is 1170. The van der Waals surface area contributed by atoms with Crippen molar-refractivity contribution in [3.8, 4) is 11.4 Å². The Hall–Kier alpha value is -3.67. The summed E-state index contributed by atoms with van der Waals surface area (Å²) in [4.78, 5) is 18.7. The van der Waals surface area contributed by atoms with Crippen molar-refractivity contribution in [1.82, 2.24) is 14.5 Å². The number of benzene rings is 3. The topological polar surface area (TPSA) is 47.4 Å². The monoisotopic (exact) mass is 389 g/mol. The van der Waals surface area contributed by atoms with Gasteiger partial charge in [-0.25, -0.2) is 9.37 Å². The van der Waals surface area contributed by atoms with E-state index in [-0.39, 0.29) is 11.7 Å². The first kappa shape index (κ1) is 18.7. The van der Waals surface area contributed by atoms with Gasteiger partial charge in [0, 0.05) is 19.3 Å². The molecule has 0 aliphatic carbocycles. The molecule has 1 heterocycles. The highest BCUT2D eigenvalue weighted by Crippen LogP contribution is 2.23. The van der Waals surface area contributed by atoms with Gasteiger partial charge in [0.25, 0.3) is 5.91 Å². The number of carbonyl (C=O) groups excluding carboxylic acids is 1. The van der Waals surface area contributed by atoms with E-state index in [1.165, 1.54) is 18.3 Å². The summed E-state index contributed by atoms with van der Waals surface area (Å²) in [6.07, 6.45) is 3.08. The van der Waals surface area contributed by atoms with Crippen LogP contribution in [0.15, 0.2) is 73.2 Å². The Morgan fingerprint density at radius 3 is 2.55 bits per heavy atom. The number of ether oxygens (including phenoxy) is 1. The van der Waals surface area contributed by atoms with Gasteiger partial charge >= 0.3 is 0 Å². The number of halogens is 1. The third-order valence-electron chi connectivity index (χ3n) is 4.84. The highest BCUT2D eigenvalue weighted by Gasteiger charge is 2.18. The summed E-state index contributed by atoms with van der Waals surface area (Å²) < 4.78 is 20.1. The summed E-state index contributed by atoms with van der Waals surface area (Å²) in [5.41, 5.74) is 2.12. The first-order chi connectivity index (χ1) is 14.0. The molecule has 0 saturated carbocycles. The molecule has 29 heavy (non-hydrogen) atoms. The van der Waals surface area contributed by atoms with Crippen molar-refractivity contribution in [3.05, 3.63) is 90.3 Å². The minimum Gasteiger partial charge on any atom is -0.497 e. The third-order valence-corrected chi connectivity index (χ3v) is 4.84. The molecule has 0 radical (unpaired) electrons. The van der Waals surface area contributed by atoms with Gasteiger partial charge in [0.1, 0.15) is 17.3 Å². The molecule has 5 nitrogen and oxygen atoms in total. The second-order valence-corrected chi connectivity index (χ2v) is 6.83. The largest absolute Gasteiger partial charge is 0.497 e. The molecule has 0 aliphatic heterocycles. The van der Waals surface area contributed by atoms with E-state index >= 15 is 0 Å². The average molecular weight is 389 g/mol. The van der Waals surface area contributed by atoms with Crippen LogP contribution in [0, 0.1) is 5.82 Å². The predicted octanol–water partition coefficient (Wildman–Crippen LogP) is 4.45. The van der Waals surface area contributed by atoms with Crippen molar-refractivity contribution in [3.63, 3.8) is 0 Å². The second kappa shape index (κ2) is 7.75. The van der Waals surface area contributed by atoms with Gasteiger partial charge in [0.05, 0.1) is 19.6 Å². The van der Waals surface area contributed by atoms with Crippen molar-refractivity contribution >= 4 is 16.7 Å². The first-order valence-electron chi connectivity index (χ1n) is 9.15. The summed E-state index contributed by atoms with van der Waals surface area (Å²) in [7, 11) is 3.40. The second-order valence-electron chi connectivity index (χ2n) is 6.83. The highest BCUT2D eigenvalue weighted by molar-refractivity contribution is 5.93. The first-order valence-corrected chi connectivity index (χ1v) is 9.15. The SMILES string of the molecule is COc1ccc2cc(CN(C)C(=O)c3cncn3-c3ccc(F)cc3)ccc2c1. The van der Waals surface area contributed by atoms with Crippen LogP contribution in [0.4, 0.5) is 4.39 Å². The van der Waals surface area contributed by atoms with Gasteiger partial charge in [-0.3, -0.25) is 9.36 Å². The summed E-state index contributed by atoms with van der Waals surface area (Å²) >= 11 is 0. The lowest BCUT2D eigenvalue weighted by Gasteiger charge is -2.18. The molecule has 1 aromatic heterocycles. The van der Waals surface area contributed by atoms with Crippen molar-refractivity contribution < 1.29 is 13.9 Å². The molecule has 0 atom stereocenters. The van der Waals surface area contributed by atoms with Crippen LogP contribution in [-0.4, -0.2) is 34.5 Å². The van der Waals surface area contributed by atoms with E-state index in [9.17, 15) is 9.18 Å². The fraction of sp³-hybridized carbons (Fsp3) is 0.130. The van der Waals surface area contributed by atoms with Crippen molar-refractivity contribution in [1.29, 1.82) is 0 Å². The van der Waals surface area contributed by atoms with Crippen LogP contribution in [0.2, 0.25) is 0 Å². The Kier molecular flexibility index (Phi) is 4.99. The molecule has 0 N–H and O–H groups in total. The minimum atomic E-state index is -0.326. The van der Waals surface area contributed by atoms with Crippen molar-refractivity contribution in [2.75, 3.05) is 14.2 Å². The van der Waals surface area contributed by atoms with E-state index in [4.69, 9.17) is 4.74 Å². The number of carbonyl (C=O) groups is 1. The zero-order valence-corrected chi connectivity index (χ0v) is 16.2. The van der Waals surface area contributed by atoms with Crippen molar-refractivity contribution in [2.45, 2.75) is 6.54 Å². The Labute approximate surface area is 168 Å². The van der Waals surface area contributed by atoms with Gasteiger partial charge in [-0.1, -0.05) is 18.2 Å². The number of hydrogen-bond acceptors (Lipinski definition) is 3. The van der Waals surface area contributed by atoms with E-state index in [0.717, 1.165) is 22.1 Å². The van der Waals surface area contributed by atoms with Crippen LogP contribution < -0.4 is 4.74 Å². The number of imidazole rings is 1. The average Bonchev–Trinajstić information content (AvgIpc) is 3.23. The Morgan fingerprint density at radius 2 is 1.79 bits per heavy atom. The number of nitrogens with zero attached hydrogens (tertiary/aromatic N) is 3. The minimum absolute atomic E-state index is 0.165. The maximum Gasteiger partial charge on any atom is 0.272 e. The molecule has 146 valence electrons. The molecule has 0 bridgehead atoms. The lowest BCUT2D eigenvalue weighted by atomic mass is 10.1. The number of rotatable bonds is 5. The third kappa shape index (κ3) is 3.82. The molecule has 0 spiro atoms.